The lowest BCUT2D eigenvalue weighted by molar-refractivity contribution is -0.139. The Labute approximate surface area is 281 Å². The molecule has 0 saturated carbocycles. The van der Waals surface area contributed by atoms with Gasteiger partial charge in [-0.05, 0) is 89.8 Å². The first-order valence-corrected chi connectivity index (χ1v) is 17.4. The second-order valence-electron chi connectivity index (χ2n) is 14.7. The van der Waals surface area contributed by atoms with Crippen molar-refractivity contribution in [2.75, 3.05) is 50.8 Å². The van der Waals surface area contributed by atoms with Gasteiger partial charge in [-0.3, -0.25) is 34.2 Å². The Kier molecular flexibility index (Phi) is 9.78. The Morgan fingerprint density at radius 1 is 0.812 bits per heavy atom. The number of nitrogens with zero attached hydrogens (tertiary/aromatic N) is 4. The molecule has 0 aromatic heterocycles. The van der Waals surface area contributed by atoms with Crippen LogP contribution in [0.4, 0.5) is 10.5 Å². The maximum Gasteiger partial charge on any atom is 0.410 e. The normalized spacial score (nSPS) is 23.4. The number of hydrogen-bond acceptors (Lipinski definition) is 9. The van der Waals surface area contributed by atoms with Crippen LogP contribution in [0.5, 0.6) is 0 Å². The fourth-order valence-electron chi connectivity index (χ4n) is 7.42. The number of hydrogen-bond donors (Lipinski definition) is 1. The van der Waals surface area contributed by atoms with E-state index in [-0.39, 0.29) is 48.0 Å². The molecule has 0 aliphatic carbocycles. The van der Waals surface area contributed by atoms with Crippen molar-refractivity contribution in [3.8, 4) is 0 Å². The molecule has 0 spiro atoms. The minimum atomic E-state index is -0.993. The molecule has 5 heterocycles. The minimum absolute atomic E-state index is 0.0606. The van der Waals surface area contributed by atoms with Gasteiger partial charge in [0.25, 0.3) is 11.8 Å². The zero-order valence-electron chi connectivity index (χ0n) is 28.2. The molecule has 0 radical (unpaired) electrons. The van der Waals surface area contributed by atoms with Crippen molar-refractivity contribution >= 4 is 41.3 Å². The Morgan fingerprint density at radius 2 is 1.46 bits per heavy atom. The van der Waals surface area contributed by atoms with E-state index in [1.807, 2.05) is 31.7 Å². The fourth-order valence-corrected chi connectivity index (χ4v) is 7.42. The molecule has 48 heavy (non-hydrogen) atoms. The molecule has 6 amide bonds. The monoisotopic (exact) mass is 665 g/mol. The van der Waals surface area contributed by atoms with Gasteiger partial charge >= 0.3 is 6.09 Å². The third-order valence-corrected chi connectivity index (χ3v) is 10.2. The van der Waals surface area contributed by atoms with Crippen molar-refractivity contribution in [2.24, 2.45) is 11.8 Å². The third-order valence-electron chi connectivity index (χ3n) is 10.2. The number of nitrogens with one attached hydrogen (secondary N) is 1. The van der Waals surface area contributed by atoms with E-state index in [9.17, 15) is 28.8 Å². The van der Waals surface area contributed by atoms with E-state index in [2.05, 4.69) is 10.2 Å². The quantitative estimate of drug-likeness (QED) is 0.454. The van der Waals surface area contributed by atoms with Crippen LogP contribution in [-0.4, -0.2) is 114 Å². The van der Waals surface area contributed by atoms with Crippen LogP contribution < -0.4 is 10.2 Å². The molecule has 4 saturated heterocycles. The zero-order chi connectivity index (χ0) is 34.2. The average molecular weight is 666 g/mol. The van der Waals surface area contributed by atoms with Crippen LogP contribution in [0.15, 0.2) is 18.2 Å². The summed E-state index contributed by atoms with van der Waals surface area (Å²) in [5, 5.41) is 2.22. The number of likely N-dealkylation sites (tertiary alicyclic amines) is 2. The van der Waals surface area contributed by atoms with Crippen LogP contribution in [0.1, 0.15) is 92.9 Å². The first-order valence-electron chi connectivity index (χ1n) is 17.4. The van der Waals surface area contributed by atoms with Crippen LogP contribution in [0.2, 0.25) is 0 Å². The molecule has 260 valence electrons. The lowest BCUT2D eigenvalue weighted by atomic mass is 9.93. The summed E-state index contributed by atoms with van der Waals surface area (Å²) in [5.74, 6) is -1.52. The maximum absolute atomic E-state index is 13.4. The molecule has 6 rings (SSSR count). The van der Waals surface area contributed by atoms with Gasteiger partial charge in [-0.1, -0.05) is 0 Å². The Hall–Kier alpha value is -4.00. The largest absolute Gasteiger partial charge is 0.444 e. The van der Waals surface area contributed by atoms with Gasteiger partial charge in [0.15, 0.2) is 0 Å². The van der Waals surface area contributed by atoms with E-state index < -0.39 is 35.3 Å². The summed E-state index contributed by atoms with van der Waals surface area (Å²) >= 11 is 0. The first-order chi connectivity index (χ1) is 22.9. The van der Waals surface area contributed by atoms with Crippen molar-refractivity contribution < 1.29 is 38.2 Å². The topological polar surface area (TPSA) is 146 Å². The van der Waals surface area contributed by atoms with Crippen molar-refractivity contribution in [3.05, 3.63) is 29.3 Å². The molecular weight excluding hydrogens is 618 g/mol. The predicted molar refractivity (Wildman–Crippen MR) is 174 cm³/mol. The van der Waals surface area contributed by atoms with Gasteiger partial charge in [0.1, 0.15) is 11.6 Å². The molecule has 1 aromatic rings. The second kappa shape index (κ2) is 13.9. The third kappa shape index (κ3) is 7.35. The van der Waals surface area contributed by atoms with E-state index in [1.54, 1.807) is 17.0 Å². The van der Waals surface area contributed by atoms with Crippen molar-refractivity contribution in [1.29, 1.82) is 0 Å². The molecule has 1 atom stereocenters. The average Bonchev–Trinajstić information content (AvgIpc) is 3.31. The summed E-state index contributed by atoms with van der Waals surface area (Å²) in [6.45, 7) is 10.4. The summed E-state index contributed by atoms with van der Waals surface area (Å²) in [5.41, 5.74) is 0.831. The van der Waals surface area contributed by atoms with Gasteiger partial charge in [0, 0.05) is 63.9 Å². The number of benzene rings is 1. The minimum Gasteiger partial charge on any atom is -0.444 e. The maximum atomic E-state index is 13.4. The van der Waals surface area contributed by atoms with Crippen LogP contribution in [0.3, 0.4) is 0 Å². The highest BCUT2D eigenvalue weighted by Crippen LogP contribution is 2.33. The smallest absolute Gasteiger partial charge is 0.410 e. The molecule has 13 heteroatoms. The standard InChI is InChI=1S/C35H47N5O8/c1-35(2,3)48-34(46)39-14-8-22(9-15-39)21-47-25-12-18-38(19-13-25)31(43)23-10-16-37(17-11-23)24-4-5-26-27(20-24)33(45)40(32(26)44)28-6-7-29(41)36-30(28)42/h4-5,20,22-23,25,28H,6-19,21H2,1-3H3,(H,36,41,42). The van der Waals surface area contributed by atoms with E-state index >= 15 is 0 Å². The van der Waals surface area contributed by atoms with Crippen LogP contribution in [0.25, 0.3) is 0 Å². The SMILES string of the molecule is CC(C)(C)OC(=O)N1CCC(COC2CCN(C(=O)C3CCN(c4ccc5c(c4)C(=O)N(C4CCC(=O)NC4=O)C5=O)CC3)CC2)CC1. The number of carbonyl (C=O) groups is 6. The number of piperidine rings is 4. The lowest BCUT2D eigenvalue weighted by Crippen LogP contribution is -2.54. The molecule has 1 N–H and O–H groups in total. The number of carbonyl (C=O) groups excluding carboxylic acids is 6. The van der Waals surface area contributed by atoms with E-state index in [4.69, 9.17) is 9.47 Å². The van der Waals surface area contributed by atoms with Gasteiger partial charge in [0.05, 0.1) is 17.2 Å². The summed E-state index contributed by atoms with van der Waals surface area (Å²) in [4.78, 5) is 82.9. The summed E-state index contributed by atoms with van der Waals surface area (Å²) in [6, 6.07) is 4.16. The Balaban J connectivity index is 0.926. The van der Waals surface area contributed by atoms with Crippen molar-refractivity contribution in [2.45, 2.75) is 89.9 Å². The van der Waals surface area contributed by atoms with E-state index in [1.165, 1.54) is 0 Å². The molecule has 1 unspecified atom stereocenters. The lowest BCUT2D eigenvalue weighted by Gasteiger charge is -2.38. The molecular formula is C35H47N5O8. The summed E-state index contributed by atoms with van der Waals surface area (Å²) in [6.07, 6.45) is 4.92. The van der Waals surface area contributed by atoms with Crippen LogP contribution >= 0.6 is 0 Å². The highest BCUT2D eigenvalue weighted by molar-refractivity contribution is 6.23. The molecule has 1 aromatic carbocycles. The van der Waals surface area contributed by atoms with E-state index in [0.29, 0.717) is 64.6 Å². The number of amides is 6. The molecule has 0 bridgehead atoms. The number of rotatable bonds is 6. The Bertz CT molecular complexity index is 1450. The van der Waals surface area contributed by atoms with Crippen LogP contribution in [0, 0.1) is 11.8 Å². The number of fused-ring (bicyclic) bond motifs is 1. The van der Waals surface area contributed by atoms with Gasteiger partial charge in [-0.25, -0.2) is 4.79 Å². The first kappa shape index (κ1) is 33.9. The number of imide groups is 2. The second-order valence-corrected chi connectivity index (χ2v) is 14.7. The molecule has 13 nitrogen and oxygen atoms in total. The van der Waals surface area contributed by atoms with Crippen molar-refractivity contribution in [1.82, 2.24) is 20.0 Å². The summed E-state index contributed by atoms with van der Waals surface area (Å²) in [7, 11) is 0. The molecule has 5 aliphatic heterocycles. The van der Waals surface area contributed by atoms with Gasteiger partial charge < -0.3 is 24.2 Å². The number of ether oxygens (including phenoxy) is 2. The zero-order valence-corrected chi connectivity index (χ0v) is 28.2. The highest BCUT2D eigenvalue weighted by Gasteiger charge is 2.45. The van der Waals surface area contributed by atoms with Gasteiger partial charge in [0.2, 0.25) is 17.7 Å². The van der Waals surface area contributed by atoms with Crippen molar-refractivity contribution in [3.63, 3.8) is 0 Å². The molecule has 5 aliphatic rings. The fraction of sp³-hybridized carbons (Fsp3) is 0.657. The highest BCUT2D eigenvalue weighted by atomic mass is 16.6. The molecule has 4 fully saturated rings. The van der Waals surface area contributed by atoms with Crippen LogP contribution in [-0.2, 0) is 23.9 Å². The predicted octanol–water partition coefficient (Wildman–Crippen LogP) is 2.96. The Morgan fingerprint density at radius 3 is 2.10 bits per heavy atom. The van der Waals surface area contributed by atoms with Gasteiger partial charge in [-0.2, -0.15) is 0 Å². The van der Waals surface area contributed by atoms with E-state index in [0.717, 1.165) is 36.3 Å². The summed E-state index contributed by atoms with van der Waals surface area (Å²) < 4.78 is 11.8. The van der Waals surface area contributed by atoms with Gasteiger partial charge in [-0.15, -0.1) is 0 Å². The number of anilines is 1.